The Bertz CT molecular complexity index is 762. The number of carbonyl (C=O) groups excluding carboxylic acids is 2. The van der Waals surface area contributed by atoms with Crippen LogP contribution in [0.1, 0.15) is 5.56 Å². The van der Waals surface area contributed by atoms with Gasteiger partial charge in [0.15, 0.2) is 0 Å². The highest BCUT2D eigenvalue weighted by atomic mass is 16.5. The van der Waals surface area contributed by atoms with Crippen LogP contribution in [0.3, 0.4) is 0 Å². The maximum atomic E-state index is 12.9. The molecule has 0 saturated carbocycles. The van der Waals surface area contributed by atoms with E-state index in [-0.39, 0.29) is 23.8 Å². The second kappa shape index (κ2) is 8.97. The molecule has 2 saturated heterocycles. The zero-order chi connectivity index (χ0) is 20.2. The molecule has 1 aromatic rings. The van der Waals surface area contributed by atoms with Crippen LogP contribution in [0.25, 0.3) is 0 Å². The summed E-state index contributed by atoms with van der Waals surface area (Å²) >= 11 is 0. The van der Waals surface area contributed by atoms with E-state index < -0.39 is 0 Å². The molecular formula is C22H30N4O3. The van der Waals surface area contributed by atoms with Crippen LogP contribution in [0, 0.1) is 5.92 Å². The molecular weight excluding hydrogens is 368 g/mol. The van der Waals surface area contributed by atoms with E-state index in [9.17, 15) is 9.59 Å². The molecule has 3 aliphatic rings. The van der Waals surface area contributed by atoms with Crippen LogP contribution in [-0.2, 0) is 20.7 Å². The second-order valence-electron chi connectivity index (χ2n) is 7.96. The van der Waals surface area contributed by atoms with Crippen molar-refractivity contribution in [2.45, 2.75) is 12.5 Å². The molecule has 0 radical (unpaired) electrons. The van der Waals surface area contributed by atoms with E-state index >= 15 is 0 Å². The number of hydrogen-bond donors (Lipinski definition) is 1. The first-order valence-electron chi connectivity index (χ1n) is 10.5. The zero-order valence-electron chi connectivity index (χ0n) is 16.9. The number of ether oxygens (including phenoxy) is 1. The molecule has 29 heavy (non-hydrogen) atoms. The number of fused-ring (bicyclic) bond motifs is 3. The Morgan fingerprint density at radius 2 is 1.97 bits per heavy atom. The Morgan fingerprint density at radius 3 is 2.76 bits per heavy atom. The average molecular weight is 399 g/mol. The van der Waals surface area contributed by atoms with E-state index in [0.717, 1.165) is 26.1 Å². The Kier molecular flexibility index (Phi) is 6.16. The number of nitrogens with zero attached hydrogens (tertiary/aromatic N) is 3. The molecule has 1 aromatic carbocycles. The van der Waals surface area contributed by atoms with E-state index in [0.29, 0.717) is 39.4 Å². The molecule has 2 fully saturated rings. The van der Waals surface area contributed by atoms with Crippen molar-refractivity contribution in [1.82, 2.24) is 15.1 Å². The number of rotatable bonds is 5. The summed E-state index contributed by atoms with van der Waals surface area (Å²) in [7, 11) is 0. The Balaban J connectivity index is 1.49. The van der Waals surface area contributed by atoms with Gasteiger partial charge in [0.25, 0.3) is 0 Å². The lowest BCUT2D eigenvalue weighted by molar-refractivity contribution is -0.136. The summed E-state index contributed by atoms with van der Waals surface area (Å²) in [5, 5.41) is 2.98. The van der Waals surface area contributed by atoms with Crippen LogP contribution in [0.4, 0.5) is 5.69 Å². The van der Waals surface area contributed by atoms with Crippen LogP contribution < -0.4 is 10.2 Å². The SMILES string of the molecule is C=CCNC(=O)C1Cc2ccccc2N2CCN(CC(=O)N3CCOCC3)CC12. The molecule has 2 unspecified atom stereocenters. The molecule has 3 heterocycles. The van der Waals surface area contributed by atoms with Gasteiger partial charge in [0, 0.05) is 45.0 Å². The number of anilines is 1. The predicted molar refractivity (Wildman–Crippen MR) is 112 cm³/mol. The van der Waals surface area contributed by atoms with Crippen molar-refractivity contribution in [2.75, 3.05) is 63.9 Å². The molecule has 4 rings (SSSR count). The first-order chi connectivity index (χ1) is 14.2. The Labute approximate surface area is 172 Å². The fourth-order valence-electron chi connectivity index (χ4n) is 4.67. The number of nitrogens with one attached hydrogen (secondary N) is 1. The molecule has 7 heteroatoms. The largest absolute Gasteiger partial charge is 0.378 e. The van der Waals surface area contributed by atoms with Crippen molar-refractivity contribution in [2.24, 2.45) is 5.92 Å². The van der Waals surface area contributed by atoms with E-state index in [2.05, 4.69) is 39.9 Å². The molecule has 0 aliphatic carbocycles. The molecule has 156 valence electrons. The van der Waals surface area contributed by atoms with Gasteiger partial charge in [-0.05, 0) is 18.1 Å². The van der Waals surface area contributed by atoms with Gasteiger partial charge in [-0.25, -0.2) is 0 Å². The molecule has 0 aromatic heterocycles. The summed E-state index contributed by atoms with van der Waals surface area (Å²) < 4.78 is 5.35. The number of piperazine rings is 1. The maximum Gasteiger partial charge on any atom is 0.236 e. The summed E-state index contributed by atoms with van der Waals surface area (Å²) in [4.78, 5) is 32.1. The van der Waals surface area contributed by atoms with Crippen molar-refractivity contribution in [3.05, 3.63) is 42.5 Å². The molecule has 0 bridgehead atoms. The van der Waals surface area contributed by atoms with Crippen molar-refractivity contribution in [1.29, 1.82) is 0 Å². The van der Waals surface area contributed by atoms with Crippen molar-refractivity contribution < 1.29 is 14.3 Å². The van der Waals surface area contributed by atoms with Crippen molar-refractivity contribution in [3.63, 3.8) is 0 Å². The summed E-state index contributed by atoms with van der Waals surface area (Å²) in [6.07, 6.45) is 2.44. The number of benzene rings is 1. The van der Waals surface area contributed by atoms with Crippen molar-refractivity contribution in [3.8, 4) is 0 Å². The predicted octanol–water partition coefficient (Wildman–Crippen LogP) is 0.511. The molecule has 2 amide bonds. The van der Waals surface area contributed by atoms with E-state index in [1.807, 2.05) is 11.0 Å². The van der Waals surface area contributed by atoms with Crippen LogP contribution >= 0.6 is 0 Å². The van der Waals surface area contributed by atoms with E-state index in [1.54, 1.807) is 6.08 Å². The Hall–Kier alpha value is -2.38. The fraction of sp³-hybridized carbons (Fsp3) is 0.545. The van der Waals surface area contributed by atoms with Gasteiger partial charge in [-0.1, -0.05) is 24.3 Å². The first kappa shape index (κ1) is 19.9. The summed E-state index contributed by atoms with van der Waals surface area (Å²) in [6.45, 7) is 9.52. The van der Waals surface area contributed by atoms with Crippen LogP contribution in [0.5, 0.6) is 0 Å². The average Bonchev–Trinajstić information content (AvgIpc) is 2.77. The topological polar surface area (TPSA) is 65.1 Å². The van der Waals surface area contributed by atoms with Gasteiger partial charge in [-0.15, -0.1) is 6.58 Å². The quantitative estimate of drug-likeness (QED) is 0.733. The van der Waals surface area contributed by atoms with Gasteiger partial charge in [0.2, 0.25) is 11.8 Å². The molecule has 1 N–H and O–H groups in total. The molecule has 0 spiro atoms. The van der Waals surface area contributed by atoms with Crippen LogP contribution in [0.15, 0.2) is 36.9 Å². The highest BCUT2D eigenvalue weighted by molar-refractivity contribution is 5.82. The van der Waals surface area contributed by atoms with Crippen LogP contribution in [-0.4, -0.2) is 86.7 Å². The first-order valence-corrected chi connectivity index (χ1v) is 10.5. The number of carbonyl (C=O) groups is 2. The van der Waals surface area contributed by atoms with Gasteiger partial charge >= 0.3 is 0 Å². The van der Waals surface area contributed by atoms with Gasteiger partial charge in [-0.3, -0.25) is 14.5 Å². The zero-order valence-corrected chi connectivity index (χ0v) is 16.9. The van der Waals surface area contributed by atoms with E-state index in [1.165, 1.54) is 11.3 Å². The molecule has 3 aliphatic heterocycles. The summed E-state index contributed by atoms with van der Waals surface area (Å²) in [6, 6.07) is 8.43. The maximum absolute atomic E-state index is 12.9. The third-order valence-electron chi connectivity index (χ3n) is 6.19. The third-order valence-corrected chi connectivity index (χ3v) is 6.19. The minimum absolute atomic E-state index is 0.0655. The third kappa shape index (κ3) is 4.31. The summed E-state index contributed by atoms with van der Waals surface area (Å²) in [5.41, 5.74) is 2.45. The van der Waals surface area contributed by atoms with Gasteiger partial charge in [0.05, 0.1) is 31.7 Å². The summed E-state index contributed by atoms with van der Waals surface area (Å²) in [5.74, 6) is 0.0903. The number of para-hydroxylation sites is 1. The lowest BCUT2D eigenvalue weighted by Crippen LogP contribution is -2.62. The van der Waals surface area contributed by atoms with Crippen molar-refractivity contribution >= 4 is 17.5 Å². The molecule has 2 atom stereocenters. The number of amides is 2. The van der Waals surface area contributed by atoms with Crippen LogP contribution in [0.2, 0.25) is 0 Å². The lowest BCUT2D eigenvalue weighted by atomic mass is 9.83. The van der Waals surface area contributed by atoms with Gasteiger partial charge in [-0.2, -0.15) is 0 Å². The smallest absolute Gasteiger partial charge is 0.236 e. The second-order valence-corrected chi connectivity index (χ2v) is 7.96. The fourth-order valence-corrected chi connectivity index (χ4v) is 4.67. The molecule has 7 nitrogen and oxygen atoms in total. The normalized spacial score (nSPS) is 24.4. The van der Waals surface area contributed by atoms with E-state index in [4.69, 9.17) is 4.74 Å². The minimum Gasteiger partial charge on any atom is -0.378 e. The number of hydrogen-bond acceptors (Lipinski definition) is 5. The highest BCUT2D eigenvalue weighted by Gasteiger charge is 2.41. The number of morpholine rings is 1. The van der Waals surface area contributed by atoms with Gasteiger partial charge < -0.3 is 19.9 Å². The Morgan fingerprint density at radius 1 is 1.17 bits per heavy atom. The van der Waals surface area contributed by atoms with Gasteiger partial charge in [0.1, 0.15) is 0 Å². The monoisotopic (exact) mass is 398 g/mol. The minimum atomic E-state index is -0.133. The highest BCUT2D eigenvalue weighted by Crippen LogP contribution is 2.35. The lowest BCUT2D eigenvalue weighted by Gasteiger charge is -2.49. The standard InChI is InChI=1S/C22H30N4O3/c1-2-7-23-22(28)18-14-17-5-3-4-6-19(17)26-9-8-24(15-20(18)26)16-21(27)25-10-12-29-13-11-25/h2-6,18,20H,1,7-16H2,(H,23,28).